The van der Waals surface area contributed by atoms with E-state index in [1.807, 2.05) is 0 Å². The van der Waals surface area contributed by atoms with Crippen LogP contribution in [0.4, 0.5) is 10.2 Å². The fraction of sp³-hybridized carbons (Fsp3) is 0.267. The average molecular weight is 319 g/mol. The highest BCUT2D eigenvalue weighted by Gasteiger charge is 2.08. The van der Waals surface area contributed by atoms with Gasteiger partial charge in [0.15, 0.2) is 0 Å². The van der Waals surface area contributed by atoms with E-state index in [4.69, 9.17) is 5.73 Å². The monoisotopic (exact) mass is 319 g/mol. The zero-order chi connectivity index (χ0) is 16.8. The Morgan fingerprint density at radius 2 is 1.87 bits per heavy atom. The van der Waals surface area contributed by atoms with Crippen molar-refractivity contribution in [1.82, 2.24) is 20.4 Å². The van der Waals surface area contributed by atoms with Crippen molar-refractivity contribution < 1.29 is 14.0 Å². The zero-order valence-corrected chi connectivity index (χ0v) is 12.7. The molecule has 0 fully saturated rings. The van der Waals surface area contributed by atoms with E-state index in [9.17, 15) is 14.0 Å². The number of nitrogens with zero attached hydrogens (tertiary/aromatic N) is 2. The smallest absolute Gasteiger partial charge is 0.251 e. The summed E-state index contributed by atoms with van der Waals surface area (Å²) in [4.78, 5) is 23.5. The Bertz CT molecular complexity index is 696. The Morgan fingerprint density at radius 3 is 2.48 bits per heavy atom. The summed E-state index contributed by atoms with van der Waals surface area (Å²) in [6.07, 6.45) is 0. The van der Waals surface area contributed by atoms with E-state index in [-0.39, 0.29) is 31.4 Å². The third-order valence-corrected chi connectivity index (χ3v) is 3.07. The van der Waals surface area contributed by atoms with Gasteiger partial charge < -0.3 is 16.4 Å². The molecule has 0 bridgehead atoms. The minimum absolute atomic E-state index is 0.0194. The number of hydrogen-bond acceptors (Lipinski definition) is 4. The van der Waals surface area contributed by atoms with Gasteiger partial charge in [0.25, 0.3) is 5.91 Å². The molecule has 0 saturated carbocycles. The highest BCUT2D eigenvalue weighted by molar-refractivity contribution is 5.94. The number of hydrogen-bond donors (Lipinski definition) is 3. The summed E-state index contributed by atoms with van der Waals surface area (Å²) in [6, 6.07) is 6.90. The molecule has 0 aliphatic heterocycles. The number of rotatable bonds is 6. The fourth-order valence-corrected chi connectivity index (χ4v) is 1.97. The molecule has 7 nitrogen and oxygen atoms in total. The first-order valence-corrected chi connectivity index (χ1v) is 7.06. The van der Waals surface area contributed by atoms with Gasteiger partial charge in [0.05, 0.1) is 5.69 Å². The van der Waals surface area contributed by atoms with Crippen LogP contribution in [-0.4, -0.2) is 34.7 Å². The largest absolute Gasteiger partial charge is 0.384 e. The van der Waals surface area contributed by atoms with E-state index in [1.165, 1.54) is 28.9 Å². The first-order chi connectivity index (χ1) is 11.0. The van der Waals surface area contributed by atoms with Crippen LogP contribution in [0.1, 0.15) is 16.1 Å². The maximum atomic E-state index is 12.8. The van der Waals surface area contributed by atoms with Crippen molar-refractivity contribution in [2.75, 3.05) is 18.8 Å². The molecule has 0 atom stereocenters. The van der Waals surface area contributed by atoms with Crippen LogP contribution < -0.4 is 16.4 Å². The van der Waals surface area contributed by atoms with Gasteiger partial charge in [0, 0.05) is 24.7 Å². The van der Waals surface area contributed by atoms with E-state index in [0.717, 1.165) is 5.69 Å². The molecule has 0 saturated heterocycles. The molecule has 1 aromatic heterocycles. The van der Waals surface area contributed by atoms with Crippen molar-refractivity contribution in [3.63, 3.8) is 0 Å². The molecule has 4 N–H and O–H groups in total. The number of aromatic nitrogens is 2. The van der Waals surface area contributed by atoms with Crippen molar-refractivity contribution in [3.05, 3.63) is 47.4 Å². The summed E-state index contributed by atoms with van der Waals surface area (Å²) in [5, 5.41) is 9.37. The molecule has 8 heteroatoms. The molecule has 0 unspecified atom stereocenters. The van der Waals surface area contributed by atoms with Gasteiger partial charge in [-0.2, -0.15) is 5.10 Å². The predicted molar refractivity (Wildman–Crippen MR) is 83.1 cm³/mol. The standard InChI is InChI=1S/C15H18FN5O2/c1-10-8-13(17)21(20-10)9-14(22)18-6-7-19-15(23)11-2-4-12(16)5-3-11/h2-5,8H,6-7,9,17H2,1H3,(H,18,22)(H,19,23). The van der Waals surface area contributed by atoms with Gasteiger partial charge in [-0.1, -0.05) is 0 Å². The Kier molecular flexibility index (Phi) is 5.29. The van der Waals surface area contributed by atoms with E-state index < -0.39 is 5.82 Å². The molecule has 23 heavy (non-hydrogen) atoms. The molecule has 1 heterocycles. The lowest BCUT2D eigenvalue weighted by Gasteiger charge is -2.08. The molecule has 0 spiro atoms. The van der Waals surface area contributed by atoms with Crippen LogP contribution in [0, 0.1) is 12.7 Å². The number of carbonyl (C=O) groups is 2. The lowest BCUT2D eigenvalue weighted by atomic mass is 10.2. The molecule has 2 amide bonds. The van der Waals surface area contributed by atoms with Crippen molar-refractivity contribution in [2.24, 2.45) is 0 Å². The SMILES string of the molecule is Cc1cc(N)n(CC(=O)NCCNC(=O)c2ccc(F)cc2)n1. The lowest BCUT2D eigenvalue weighted by molar-refractivity contribution is -0.121. The quantitative estimate of drug-likeness (QED) is 0.673. The van der Waals surface area contributed by atoms with Crippen LogP contribution in [0.3, 0.4) is 0 Å². The van der Waals surface area contributed by atoms with Crippen molar-refractivity contribution in [1.29, 1.82) is 0 Å². The number of nitrogens with two attached hydrogens (primary N) is 1. The van der Waals surface area contributed by atoms with E-state index in [2.05, 4.69) is 15.7 Å². The van der Waals surface area contributed by atoms with Crippen LogP contribution in [0.15, 0.2) is 30.3 Å². The summed E-state index contributed by atoms with van der Waals surface area (Å²) in [6.45, 7) is 2.34. The van der Waals surface area contributed by atoms with Crippen molar-refractivity contribution in [3.8, 4) is 0 Å². The van der Waals surface area contributed by atoms with Gasteiger partial charge in [0.2, 0.25) is 5.91 Å². The van der Waals surface area contributed by atoms with Crippen LogP contribution in [-0.2, 0) is 11.3 Å². The van der Waals surface area contributed by atoms with Crippen LogP contribution >= 0.6 is 0 Å². The number of benzene rings is 1. The molecule has 2 aromatic rings. The van der Waals surface area contributed by atoms with Gasteiger partial charge >= 0.3 is 0 Å². The highest BCUT2D eigenvalue weighted by atomic mass is 19.1. The Balaban J connectivity index is 1.70. The molecular weight excluding hydrogens is 301 g/mol. The number of amides is 2. The second-order valence-corrected chi connectivity index (χ2v) is 4.98. The second kappa shape index (κ2) is 7.39. The maximum absolute atomic E-state index is 12.8. The van der Waals surface area contributed by atoms with Gasteiger partial charge in [-0.25, -0.2) is 9.07 Å². The zero-order valence-electron chi connectivity index (χ0n) is 12.7. The average Bonchev–Trinajstić information content (AvgIpc) is 2.82. The maximum Gasteiger partial charge on any atom is 0.251 e. The Labute approximate surface area is 132 Å². The first kappa shape index (κ1) is 16.5. The Hall–Kier alpha value is -2.90. The second-order valence-electron chi connectivity index (χ2n) is 4.98. The summed E-state index contributed by atoms with van der Waals surface area (Å²) in [7, 11) is 0. The molecule has 1 aromatic carbocycles. The van der Waals surface area contributed by atoms with Gasteiger partial charge in [-0.3, -0.25) is 9.59 Å². The summed E-state index contributed by atoms with van der Waals surface area (Å²) >= 11 is 0. The topological polar surface area (TPSA) is 102 Å². The number of nitrogens with one attached hydrogen (secondary N) is 2. The van der Waals surface area contributed by atoms with Gasteiger partial charge in [-0.15, -0.1) is 0 Å². The van der Waals surface area contributed by atoms with Crippen LogP contribution in [0.25, 0.3) is 0 Å². The molecule has 0 aliphatic rings. The van der Waals surface area contributed by atoms with Crippen LogP contribution in [0.5, 0.6) is 0 Å². The van der Waals surface area contributed by atoms with E-state index in [0.29, 0.717) is 11.4 Å². The lowest BCUT2D eigenvalue weighted by Crippen LogP contribution is -2.36. The molecular formula is C15H18FN5O2. The predicted octanol–water partition coefficient (Wildman–Crippen LogP) is 0.459. The minimum Gasteiger partial charge on any atom is -0.384 e. The number of halogens is 1. The van der Waals surface area contributed by atoms with Crippen molar-refractivity contribution >= 4 is 17.6 Å². The number of carbonyl (C=O) groups excluding carboxylic acids is 2. The molecule has 0 radical (unpaired) electrons. The third-order valence-electron chi connectivity index (χ3n) is 3.07. The number of anilines is 1. The first-order valence-electron chi connectivity index (χ1n) is 7.06. The highest BCUT2D eigenvalue weighted by Crippen LogP contribution is 2.04. The molecule has 2 rings (SSSR count). The van der Waals surface area contributed by atoms with Crippen LogP contribution in [0.2, 0.25) is 0 Å². The fourth-order valence-electron chi connectivity index (χ4n) is 1.97. The third kappa shape index (κ3) is 4.80. The number of aryl methyl sites for hydroxylation is 1. The normalized spacial score (nSPS) is 10.3. The van der Waals surface area contributed by atoms with Crippen molar-refractivity contribution in [2.45, 2.75) is 13.5 Å². The van der Waals surface area contributed by atoms with Gasteiger partial charge in [0.1, 0.15) is 18.2 Å². The van der Waals surface area contributed by atoms with E-state index in [1.54, 1.807) is 13.0 Å². The minimum atomic E-state index is -0.401. The summed E-state index contributed by atoms with van der Waals surface area (Å²) in [5.74, 6) is -0.564. The van der Waals surface area contributed by atoms with Gasteiger partial charge in [-0.05, 0) is 31.2 Å². The number of nitrogen functional groups attached to an aromatic ring is 1. The Morgan fingerprint density at radius 1 is 1.22 bits per heavy atom. The molecule has 0 aliphatic carbocycles. The summed E-state index contributed by atoms with van der Waals surface area (Å²) in [5.41, 5.74) is 6.79. The summed E-state index contributed by atoms with van der Waals surface area (Å²) < 4.78 is 14.2. The van der Waals surface area contributed by atoms with E-state index >= 15 is 0 Å². The molecule has 122 valence electrons.